The number of nitrogens with one attached hydrogen (secondary N) is 1. The first-order valence-corrected chi connectivity index (χ1v) is 6.94. The van der Waals surface area contributed by atoms with Gasteiger partial charge in [-0.1, -0.05) is 22.0 Å². The van der Waals surface area contributed by atoms with Crippen molar-refractivity contribution < 1.29 is 9.84 Å². The summed E-state index contributed by atoms with van der Waals surface area (Å²) >= 11 is 3.46. The molecule has 0 aliphatic carbocycles. The number of ether oxygens (including phenoxy) is 1. The Labute approximate surface area is 117 Å². The lowest BCUT2D eigenvalue weighted by Crippen LogP contribution is -2.63. The van der Waals surface area contributed by atoms with Crippen molar-refractivity contribution in [2.75, 3.05) is 6.61 Å². The van der Waals surface area contributed by atoms with Crippen LogP contribution in [0.5, 0.6) is 0 Å². The van der Waals surface area contributed by atoms with Crippen LogP contribution in [0, 0.1) is 6.92 Å². The zero-order chi connectivity index (χ0) is 13.6. The van der Waals surface area contributed by atoms with Gasteiger partial charge in [0.1, 0.15) is 0 Å². The minimum absolute atomic E-state index is 0.118. The number of aliphatic hydroxyl groups is 1. The van der Waals surface area contributed by atoms with Gasteiger partial charge in [0.25, 0.3) is 0 Å². The molecule has 100 valence electrons. The maximum Gasteiger partial charge on any atom is 0.208 e. The van der Waals surface area contributed by atoms with E-state index in [1.165, 1.54) is 0 Å². The maximum atomic E-state index is 10.8. The molecule has 2 rings (SSSR count). The van der Waals surface area contributed by atoms with E-state index >= 15 is 0 Å². The van der Waals surface area contributed by atoms with Crippen LogP contribution in [0.4, 0.5) is 0 Å². The molecule has 0 radical (unpaired) electrons. The van der Waals surface area contributed by atoms with Crippen LogP contribution >= 0.6 is 15.9 Å². The summed E-state index contributed by atoms with van der Waals surface area (Å²) in [6.07, 6.45) is 0. The molecule has 1 aliphatic rings. The molecule has 0 saturated carbocycles. The third-order valence-electron chi connectivity index (χ3n) is 3.30. The Morgan fingerprint density at radius 2 is 2.06 bits per heavy atom. The molecule has 2 atom stereocenters. The topological polar surface area (TPSA) is 41.5 Å². The molecule has 1 aromatic carbocycles. The molecule has 1 aromatic rings. The summed E-state index contributed by atoms with van der Waals surface area (Å²) < 4.78 is 6.71. The third-order valence-corrected chi connectivity index (χ3v) is 3.76. The van der Waals surface area contributed by atoms with Gasteiger partial charge in [0, 0.05) is 15.6 Å². The van der Waals surface area contributed by atoms with Crippen LogP contribution in [0.2, 0.25) is 0 Å². The van der Waals surface area contributed by atoms with Gasteiger partial charge < -0.3 is 15.2 Å². The first-order chi connectivity index (χ1) is 8.23. The number of rotatable bonds is 1. The number of benzene rings is 1. The molecule has 0 bridgehead atoms. The van der Waals surface area contributed by atoms with Gasteiger partial charge in [0.15, 0.2) is 0 Å². The van der Waals surface area contributed by atoms with E-state index in [1.807, 2.05) is 32.0 Å². The van der Waals surface area contributed by atoms with E-state index in [4.69, 9.17) is 4.74 Å². The molecule has 1 fully saturated rings. The number of hydrogen-bond donors (Lipinski definition) is 2. The van der Waals surface area contributed by atoms with Crippen molar-refractivity contribution in [2.24, 2.45) is 0 Å². The molecule has 4 heteroatoms. The summed E-state index contributed by atoms with van der Waals surface area (Å²) in [5, 5.41) is 14.2. The second kappa shape index (κ2) is 4.60. The van der Waals surface area contributed by atoms with E-state index in [-0.39, 0.29) is 11.6 Å². The van der Waals surface area contributed by atoms with Crippen LogP contribution in [-0.4, -0.2) is 23.3 Å². The van der Waals surface area contributed by atoms with E-state index in [2.05, 4.69) is 35.1 Å². The average molecular weight is 314 g/mol. The van der Waals surface area contributed by atoms with Crippen molar-refractivity contribution in [3.8, 4) is 0 Å². The van der Waals surface area contributed by atoms with Gasteiger partial charge in [-0.15, -0.1) is 0 Å². The van der Waals surface area contributed by atoms with E-state index in [0.717, 1.165) is 15.6 Å². The summed E-state index contributed by atoms with van der Waals surface area (Å²) in [5.74, 6) is -1.27. The van der Waals surface area contributed by atoms with E-state index in [1.54, 1.807) is 0 Å². The standard InChI is InChI=1S/C14H20BrNO2/c1-9-5-11(7-12(15)6-9)14(17)10(2)16-13(3,4)8-18-14/h5-7,10,16-17H,8H2,1-4H3. The van der Waals surface area contributed by atoms with Gasteiger partial charge in [-0.25, -0.2) is 0 Å². The summed E-state index contributed by atoms with van der Waals surface area (Å²) in [4.78, 5) is 0. The summed E-state index contributed by atoms with van der Waals surface area (Å²) in [5.41, 5.74) is 1.76. The fourth-order valence-corrected chi connectivity index (χ4v) is 3.03. The zero-order valence-corrected chi connectivity index (χ0v) is 12.8. The lowest BCUT2D eigenvalue weighted by atomic mass is 9.92. The minimum Gasteiger partial charge on any atom is -0.361 e. The summed E-state index contributed by atoms with van der Waals surface area (Å²) in [6, 6.07) is 5.71. The Kier molecular flexibility index (Phi) is 3.58. The highest BCUT2D eigenvalue weighted by Gasteiger charge is 2.44. The first kappa shape index (κ1) is 14.0. The largest absolute Gasteiger partial charge is 0.361 e. The van der Waals surface area contributed by atoms with Crippen molar-refractivity contribution in [1.29, 1.82) is 0 Å². The van der Waals surface area contributed by atoms with Crippen LogP contribution in [0.1, 0.15) is 31.9 Å². The number of hydrogen-bond acceptors (Lipinski definition) is 3. The van der Waals surface area contributed by atoms with Crippen molar-refractivity contribution in [1.82, 2.24) is 5.32 Å². The van der Waals surface area contributed by atoms with E-state index < -0.39 is 5.79 Å². The van der Waals surface area contributed by atoms with Crippen LogP contribution in [0.25, 0.3) is 0 Å². The molecule has 0 amide bonds. The Balaban J connectivity index is 2.36. The number of morpholine rings is 1. The molecule has 1 aliphatic heterocycles. The molecule has 1 heterocycles. The highest BCUT2D eigenvalue weighted by Crippen LogP contribution is 2.34. The third kappa shape index (κ3) is 2.62. The van der Waals surface area contributed by atoms with Gasteiger partial charge in [0.2, 0.25) is 5.79 Å². The van der Waals surface area contributed by atoms with Gasteiger partial charge in [-0.2, -0.15) is 0 Å². The molecule has 3 nitrogen and oxygen atoms in total. The predicted octanol–water partition coefficient (Wildman–Crippen LogP) is 2.69. The second-order valence-electron chi connectivity index (χ2n) is 5.75. The average Bonchev–Trinajstić information content (AvgIpc) is 2.22. The molecule has 2 N–H and O–H groups in total. The van der Waals surface area contributed by atoms with Crippen LogP contribution < -0.4 is 5.32 Å². The summed E-state index contributed by atoms with van der Waals surface area (Å²) in [7, 11) is 0. The molecule has 0 spiro atoms. The van der Waals surface area contributed by atoms with E-state index in [9.17, 15) is 5.11 Å². The van der Waals surface area contributed by atoms with E-state index in [0.29, 0.717) is 6.61 Å². The first-order valence-electron chi connectivity index (χ1n) is 6.15. The van der Waals surface area contributed by atoms with Crippen molar-refractivity contribution >= 4 is 15.9 Å². The molecule has 0 aromatic heterocycles. The molecule has 1 saturated heterocycles. The molecule has 2 unspecified atom stereocenters. The van der Waals surface area contributed by atoms with Crippen LogP contribution in [0.3, 0.4) is 0 Å². The van der Waals surface area contributed by atoms with Crippen molar-refractivity contribution in [3.63, 3.8) is 0 Å². The number of halogens is 1. The monoisotopic (exact) mass is 313 g/mol. The highest BCUT2D eigenvalue weighted by molar-refractivity contribution is 9.10. The molecular weight excluding hydrogens is 294 g/mol. The lowest BCUT2D eigenvalue weighted by molar-refractivity contribution is -0.263. The lowest BCUT2D eigenvalue weighted by Gasteiger charge is -2.46. The predicted molar refractivity (Wildman–Crippen MR) is 75.4 cm³/mol. The molecule has 18 heavy (non-hydrogen) atoms. The zero-order valence-electron chi connectivity index (χ0n) is 11.2. The minimum atomic E-state index is -1.27. The Morgan fingerprint density at radius 3 is 2.61 bits per heavy atom. The Hall–Kier alpha value is -0.420. The van der Waals surface area contributed by atoms with Gasteiger partial charge in [-0.05, 0) is 45.4 Å². The fraction of sp³-hybridized carbons (Fsp3) is 0.571. The summed E-state index contributed by atoms with van der Waals surface area (Å²) in [6.45, 7) is 8.55. The normalized spacial score (nSPS) is 31.3. The number of aryl methyl sites for hydroxylation is 1. The van der Waals surface area contributed by atoms with Crippen molar-refractivity contribution in [2.45, 2.75) is 45.1 Å². The van der Waals surface area contributed by atoms with Gasteiger partial charge >= 0.3 is 0 Å². The van der Waals surface area contributed by atoms with Crippen LogP contribution in [0.15, 0.2) is 22.7 Å². The fourth-order valence-electron chi connectivity index (χ4n) is 2.42. The van der Waals surface area contributed by atoms with Gasteiger partial charge in [0.05, 0.1) is 12.6 Å². The van der Waals surface area contributed by atoms with Crippen LogP contribution in [-0.2, 0) is 10.5 Å². The maximum absolute atomic E-state index is 10.8. The van der Waals surface area contributed by atoms with Gasteiger partial charge in [-0.3, -0.25) is 0 Å². The second-order valence-corrected chi connectivity index (χ2v) is 6.67. The highest BCUT2D eigenvalue weighted by atomic mass is 79.9. The van der Waals surface area contributed by atoms with Crippen molar-refractivity contribution in [3.05, 3.63) is 33.8 Å². The Morgan fingerprint density at radius 1 is 1.39 bits per heavy atom. The molecular formula is C14H20BrNO2. The Bertz CT molecular complexity index is 441. The quantitative estimate of drug-likeness (QED) is 0.837. The smallest absolute Gasteiger partial charge is 0.208 e. The SMILES string of the molecule is Cc1cc(Br)cc(C2(O)OCC(C)(C)NC2C)c1.